The van der Waals surface area contributed by atoms with Gasteiger partial charge in [0.05, 0.1) is 0 Å². The number of allylic oxidation sites excluding steroid dienone is 1. The summed E-state index contributed by atoms with van der Waals surface area (Å²) in [6.07, 6.45) is 3.81. The SMILES string of the molecule is Cc1ccc([C@@H]2C=C(c3ccc(-c4ccccc4)cc3)Nc3ncnn32)cc1. The molecule has 0 unspecified atom stereocenters. The first-order valence-electron chi connectivity index (χ1n) is 9.39. The van der Waals surface area contributed by atoms with Crippen LogP contribution in [0.2, 0.25) is 0 Å². The highest BCUT2D eigenvalue weighted by atomic mass is 15.4. The Labute approximate surface area is 164 Å². The number of hydrogen-bond donors (Lipinski definition) is 1. The molecular weight excluding hydrogens is 344 g/mol. The van der Waals surface area contributed by atoms with Crippen LogP contribution in [0, 0.1) is 6.92 Å². The van der Waals surface area contributed by atoms with Crippen LogP contribution in [0.15, 0.2) is 91.3 Å². The van der Waals surface area contributed by atoms with E-state index in [0.717, 1.165) is 17.2 Å². The zero-order valence-corrected chi connectivity index (χ0v) is 15.6. The number of hydrogen-bond acceptors (Lipinski definition) is 3. The van der Waals surface area contributed by atoms with Crippen molar-refractivity contribution in [2.45, 2.75) is 13.0 Å². The number of anilines is 1. The quantitative estimate of drug-likeness (QED) is 0.536. The Hall–Kier alpha value is -3.66. The average Bonchev–Trinajstić information content (AvgIpc) is 3.23. The van der Waals surface area contributed by atoms with Crippen molar-refractivity contribution in [2.75, 3.05) is 5.32 Å². The summed E-state index contributed by atoms with van der Waals surface area (Å²) in [4.78, 5) is 4.39. The molecule has 0 aliphatic carbocycles. The molecule has 1 atom stereocenters. The van der Waals surface area contributed by atoms with Crippen LogP contribution in [-0.4, -0.2) is 14.8 Å². The minimum absolute atomic E-state index is 0.0168. The number of aryl methyl sites for hydroxylation is 1. The summed E-state index contributed by atoms with van der Waals surface area (Å²) in [7, 11) is 0. The van der Waals surface area contributed by atoms with Gasteiger partial charge in [0.25, 0.3) is 0 Å². The van der Waals surface area contributed by atoms with Crippen molar-refractivity contribution in [1.29, 1.82) is 0 Å². The van der Waals surface area contributed by atoms with Gasteiger partial charge in [0.1, 0.15) is 12.4 Å². The average molecular weight is 364 g/mol. The van der Waals surface area contributed by atoms with E-state index in [2.05, 4.69) is 101 Å². The molecule has 0 amide bonds. The van der Waals surface area contributed by atoms with Crippen molar-refractivity contribution in [3.63, 3.8) is 0 Å². The first-order chi connectivity index (χ1) is 13.8. The van der Waals surface area contributed by atoms with Gasteiger partial charge in [-0.25, -0.2) is 4.68 Å². The molecule has 28 heavy (non-hydrogen) atoms. The van der Waals surface area contributed by atoms with Gasteiger partial charge in [-0.15, -0.1) is 0 Å². The lowest BCUT2D eigenvalue weighted by Gasteiger charge is -2.24. The number of aromatic nitrogens is 3. The Morgan fingerprint density at radius 3 is 2.21 bits per heavy atom. The Morgan fingerprint density at radius 1 is 0.786 bits per heavy atom. The largest absolute Gasteiger partial charge is 0.324 e. The summed E-state index contributed by atoms with van der Waals surface area (Å²) in [6, 6.07) is 27.6. The number of benzene rings is 3. The van der Waals surface area contributed by atoms with Crippen LogP contribution in [0.25, 0.3) is 16.8 Å². The van der Waals surface area contributed by atoms with Gasteiger partial charge in [-0.1, -0.05) is 84.4 Å². The van der Waals surface area contributed by atoms with Gasteiger partial charge in [0.15, 0.2) is 0 Å². The van der Waals surface area contributed by atoms with Crippen molar-refractivity contribution in [1.82, 2.24) is 14.8 Å². The molecule has 0 saturated heterocycles. The van der Waals surface area contributed by atoms with E-state index >= 15 is 0 Å². The third kappa shape index (κ3) is 2.99. The highest BCUT2D eigenvalue weighted by Crippen LogP contribution is 2.32. The van der Waals surface area contributed by atoms with Crippen LogP contribution in [0.3, 0.4) is 0 Å². The predicted octanol–water partition coefficient (Wildman–Crippen LogP) is 5.31. The summed E-state index contributed by atoms with van der Waals surface area (Å²) < 4.78 is 1.92. The van der Waals surface area contributed by atoms with Gasteiger partial charge in [0, 0.05) is 5.70 Å². The van der Waals surface area contributed by atoms with E-state index in [0.29, 0.717) is 0 Å². The normalized spacial score (nSPS) is 15.5. The molecule has 2 heterocycles. The lowest BCUT2D eigenvalue weighted by molar-refractivity contribution is 0.612. The molecule has 1 aliphatic rings. The lowest BCUT2D eigenvalue weighted by atomic mass is 9.99. The van der Waals surface area contributed by atoms with E-state index in [9.17, 15) is 0 Å². The van der Waals surface area contributed by atoms with Crippen molar-refractivity contribution in [2.24, 2.45) is 0 Å². The van der Waals surface area contributed by atoms with Crippen LogP contribution >= 0.6 is 0 Å². The molecule has 1 aliphatic heterocycles. The van der Waals surface area contributed by atoms with Crippen LogP contribution < -0.4 is 5.32 Å². The molecular formula is C24H20N4. The van der Waals surface area contributed by atoms with Crippen LogP contribution in [0.1, 0.15) is 22.7 Å². The van der Waals surface area contributed by atoms with Crippen molar-refractivity contribution >= 4 is 11.6 Å². The van der Waals surface area contributed by atoms with Crippen LogP contribution in [0.5, 0.6) is 0 Å². The predicted molar refractivity (Wildman–Crippen MR) is 113 cm³/mol. The van der Waals surface area contributed by atoms with E-state index < -0.39 is 0 Å². The molecule has 0 fully saturated rings. The van der Waals surface area contributed by atoms with Gasteiger partial charge in [-0.2, -0.15) is 10.1 Å². The fourth-order valence-electron chi connectivity index (χ4n) is 3.58. The van der Waals surface area contributed by atoms with E-state index in [4.69, 9.17) is 0 Å². The summed E-state index contributed by atoms with van der Waals surface area (Å²) in [6.45, 7) is 2.10. The highest BCUT2D eigenvalue weighted by molar-refractivity contribution is 5.78. The van der Waals surface area contributed by atoms with E-state index in [-0.39, 0.29) is 6.04 Å². The smallest absolute Gasteiger partial charge is 0.226 e. The first-order valence-corrected chi connectivity index (χ1v) is 9.39. The molecule has 1 aromatic heterocycles. The number of nitrogens with zero attached hydrogens (tertiary/aromatic N) is 3. The van der Waals surface area contributed by atoms with Gasteiger partial charge in [-0.3, -0.25) is 0 Å². The maximum atomic E-state index is 4.42. The molecule has 0 bridgehead atoms. The second kappa shape index (κ2) is 6.82. The van der Waals surface area contributed by atoms with Gasteiger partial charge < -0.3 is 5.32 Å². The van der Waals surface area contributed by atoms with Crippen molar-refractivity contribution < 1.29 is 0 Å². The second-order valence-electron chi connectivity index (χ2n) is 7.03. The molecule has 1 N–H and O–H groups in total. The minimum atomic E-state index is 0.0168. The van der Waals surface area contributed by atoms with E-state index in [1.165, 1.54) is 22.3 Å². The molecule has 5 rings (SSSR count). The van der Waals surface area contributed by atoms with Gasteiger partial charge in [-0.05, 0) is 35.3 Å². The Morgan fingerprint density at radius 2 is 1.46 bits per heavy atom. The first kappa shape index (κ1) is 16.5. The zero-order chi connectivity index (χ0) is 18.9. The maximum absolute atomic E-state index is 4.42. The Kier molecular flexibility index (Phi) is 4.02. The molecule has 0 spiro atoms. The summed E-state index contributed by atoms with van der Waals surface area (Å²) in [5.41, 5.74) is 7.04. The van der Waals surface area contributed by atoms with Gasteiger partial charge >= 0.3 is 0 Å². The van der Waals surface area contributed by atoms with Gasteiger partial charge in [0.2, 0.25) is 5.95 Å². The topological polar surface area (TPSA) is 42.7 Å². The molecule has 4 aromatic rings. The minimum Gasteiger partial charge on any atom is -0.324 e. The number of fused-ring (bicyclic) bond motifs is 1. The Balaban J connectivity index is 1.52. The summed E-state index contributed by atoms with van der Waals surface area (Å²) in [5.74, 6) is 0.759. The van der Waals surface area contributed by atoms with E-state index in [1.54, 1.807) is 6.33 Å². The molecule has 4 heteroatoms. The molecule has 0 radical (unpaired) electrons. The zero-order valence-electron chi connectivity index (χ0n) is 15.6. The Bertz CT molecular complexity index is 1120. The fraction of sp³-hybridized carbons (Fsp3) is 0.0833. The third-order valence-electron chi connectivity index (χ3n) is 5.13. The van der Waals surface area contributed by atoms with Crippen LogP contribution in [-0.2, 0) is 0 Å². The number of nitrogens with one attached hydrogen (secondary N) is 1. The lowest BCUT2D eigenvalue weighted by Crippen LogP contribution is -2.20. The van der Waals surface area contributed by atoms with E-state index in [1.807, 2.05) is 10.7 Å². The standard InChI is InChI=1S/C24H20N4/c1-17-7-9-21(10-8-17)23-15-22(27-24-25-16-26-28(23)24)20-13-11-19(12-14-20)18-5-3-2-4-6-18/h2-16,23H,1H3,(H,25,26,27)/t23-/m0/s1. The number of rotatable bonds is 3. The molecule has 136 valence electrons. The summed E-state index contributed by atoms with van der Waals surface area (Å²) in [5, 5.41) is 7.83. The maximum Gasteiger partial charge on any atom is 0.226 e. The second-order valence-corrected chi connectivity index (χ2v) is 7.03. The fourth-order valence-corrected chi connectivity index (χ4v) is 3.58. The van der Waals surface area contributed by atoms with Crippen molar-refractivity contribution in [3.05, 3.63) is 108 Å². The molecule has 4 nitrogen and oxygen atoms in total. The third-order valence-corrected chi connectivity index (χ3v) is 5.13. The van der Waals surface area contributed by atoms with Crippen LogP contribution in [0.4, 0.5) is 5.95 Å². The monoisotopic (exact) mass is 364 g/mol. The highest BCUT2D eigenvalue weighted by Gasteiger charge is 2.23. The summed E-state index contributed by atoms with van der Waals surface area (Å²) >= 11 is 0. The molecule has 0 saturated carbocycles. The van der Waals surface area contributed by atoms with Crippen molar-refractivity contribution in [3.8, 4) is 11.1 Å². The molecule has 3 aromatic carbocycles.